The molecule has 0 N–H and O–H groups in total. The summed E-state index contributed by atoms with van der Waals surface area (Å²) >= 11 is 0. The molecule has 0 unspecified atom stereocenters. The van der Waals surface area contributed by atoms with E-state index in [0.29, 0.717) is 11.6 Å². The van der Waals surface area contributed by atoms with E-state index < -0.39 is 0 Å². The molecule has 0 aliphatic rings. The highest BCUT2D eigenvalue weighted by Gasteiger charge is 2.10. The van der Waals surface area contributed by atoms with Crippen LogP contribution in [0.1, 0.15) is 5.56 Å². The molecule has 6 heteroatoms. The van der Waals surface area contributed by atoms with E-state index in [1.807, 2.05) is 62.5 Å². The molecular formula is C19H16N4O2. The van der Waals surface area contributed by atoms with E-state index in [4.69, 9.17) is 9.47 Å². The van der Waals surface area contributed by atoms with Gasteiger partial charge in [0.1, 0.15) is 29.0 Å². The van der Waals surface area contributed by atoms with Gasteiger partial charge in [-0.05, 0) is 43.3 Å². The molecule has 0 aliphatic heterocycles. The van der Waals surface area contributed by atoms with Crippen LogP contribution in [0.3, 0.4) is 0 Å². The Kier molecular flexibility index (Phi) is 3.78. The summed E-state index contributed by atoms with van der Waals surface area (Å²) in [6.07, 6.45) is 3.16. The molecule has 6 nitrogen and oxygen atoms in total. The summed E-state index contributed by atoms with van der Waals surface area (Å²) in [7, 11) is 1.83. The first-order valence-electron chi connectivity index (χ1n) is 7.84. The molecule has 0 radical (unpaired) electrons. The Bertz CT molecular complexity index is 1010. The van der Waals surface area contributed by atoms with Crippen LogP contribution in [0.25, 0.3) is 11.0 Å². The van der Waals surface area contributed by atoms with Gasteiger partial charge in [0.25, 0.3) is 0 Å². The van der Waals surface area contributed by atoms with Crippen LogP contribution < -0.4 is 9.47 Å². The minimum Gasteiger partial charge on any atom is -0.457 e. The summed E-state index contributed by atoms with van der Waals surface area (Å²) in [6, 6.07) is 15.3. The van der Waals surface area contributed by atoms with Gasteiger partial charge in [-0.25, -0.2) is 9.97 Å². The van der Waals surface area contributed by atoms with Gasteiger partial charge < -0.3 is 9.47 Å². The van der Waals surface area contributed by atoms with Crippen molar-refractivity contribution in [3.63, 3.8) is 0 Å². The van der Waals surface area contributed by atoms with Crippen LogP contribution in [0, 0.1) is 6.92 Å². The van der Waals surface area contributed by atoms with Crippen molar-refractivity contribution < 1.29 is 9.47 Å². The lowest BCUT2D eigenvalue weighted by molar-refractivity contribution is 0.460. The lowest BCUT2D eigenvalue weighted by atomic mass is 10.2. The largest absolute Gasteiger partial charge is 0.457 e. The minimum absolute atomic E-state index is 0.477. The molecule has 2 heterocycles. The molecule has 25 heavy (non-hydrogen) atoms. The fraction of sp³-hybridized carbons (Fsp3) is 0.105. The van der Waals surface area contributed by atoms with Gasteiger partial charge in [0.2, 0.25) is 5.88 Å². The highest BCUT2D eigenvalue weighted by Crippen LogP contribution is 2.29. The molecule has 0 bridgehead atoms. The lowest BCUT2D eigenvalue weighted by Crippen LogP contribution is -1.94. The predicted molar refractivity (Wildman–Crippen MR) is 94.1 cm³/mol. The SMILES string of the molecule is Cc1ccc(Oc2ccc(Oc3ncnc4c3cnn4C)cc2)cc1. The number of nitrogens with zero attached hydrogens (tertiary/aromatic N) is 4. The van der Waals surface area contributed by atoms with Gasteiger partial charge in [-0.2, -0.15) is 5.10 Å². The van der Waals surface area contributed by atoms with Crippen LogP contribution in [0.15, 0.2) is 61.1 Å². The van der Waals surface area contributed by atoms with Crippen molar-refractivity contribution in [1.82, 2.24) is 19.7 Å². The van der Waals surface area contributed by atoms with Crippen molar-refractivity contribution in [2.45, 2.75) is 6.92 Å². The Morgan fingerprint density at radius 1 is 0.800 bits per heavy atom. The second-order valence-electron chi connectivity index (χ2n) is 5.67. The second-order valence-corrected chi connectivity index (χ2v) is 5.67. The minimum atomic E-state index is 0.477. The first-order valence-corrected chi connectivity index (χ1v) is 7.84. The second kappa shape index (κ2) is 6.24. The maximum Gasteiger partial charge on any atom is 0.233 e. The molecule has 0 atom stereocenters. The molecule has 4 rings (SSSR count). The van der Waals surface area contributed by atoms with Crippen LogP contribution in [0.5, 0.6) is 23.1 Å². The quantitative estimate of drug-likeness (QED) is 0.559. The number of hydrogen-bond acceptors (Lipinski definition) is 5. The zero-order valence-corrected chi connectivity index (χ0v) is 13.9. The fourth-order valence-corrected chi connectivity index (χ4v) is 2.45. The highest BCUT2D eigenvalue weighted by atomic mass is 16.5. The van der Waals surface area contributed by atoms with Crippen molar-refractivity contribution >= 4 is 11.0 Å². The molecule has 4 aromatic rings. The van der Waals surface area contributed by atoms with Crippen molar-refractivity contribution in [1.29, 1.82) is 0 Å². The first kappa shape index (κ1) is 15.1. The van der Waals surface area contributed by atoms with Crippen LogP contribution in [0.2, 0.25) is 0 Å². The van der Waals surface area contributed by atoms with E-state index >= 15 is 0 Å². The maximum atomic E-state index is 5.87. The Morgan fingerprint density at radius 2 is 1.40 bits per heavy atom. The van der Waals surface area contributed by atoms with E-state index in [1.54, 1.807) is 10.9 Å². The molecule has 124 valence electrons. The number of aromatic nitrogens is 4. The summed E-state index contributed by atoms with van der Waals surface area (Å²) in [4.78, 5) is 8.40. The smallest absolute Gasteiger partial charge is 0.233 e. The number of ether oxygens (including phenoxy) is 2. The monoisotopic (exact) mass is 332 g/mol. The van der Waals surface area contributed by atoms with Gasteiger partial charge in [0, 0.05) is 7.05 Å². The zero-order valence-electron chi connectivity index (χ0n) is 13.9. The summed E-state index contributed by atoms with van der Waals surface area (Å²) in [5.74, 6) is 2.68. The van der Waals surface area contributed by atoms with Crippen molar-refractivity contribution in [3.05, 3.63) is 66.6 Å². The van der Waals surface area contributed by atoms with Crippen molar-refractivity contribution in [2.75, 3.05) is 0 Å². The Balaban J connectivity index is 1.53. The highest BCUT2D eigenvalue weighted by molar-refractivity contribution is 5.79. The Labute approximate surface area is 144 Å². The first-order chi connectivity index (χ1) is 12.2. The van der Waals surface area contributed by atoms with Gasteiger partial charge in [0.15, 0.2) is 5.65 Å². The molecule has 0 aliphatic carbocycles. The molecule has 0 fully saturated rings. The average Bonchev–Trinajstić information content (AvgIpc) is 3.01. The van der Waals surface area contributed by atoms with E-state index in [-0.39, 0.29) is 0 Å². The molecule has 0 saturated carbocycles. The van der Waals surface area contributed by atoms with Crippen molar-refractivity contribution in [2.24, 2.45) is 7.05 Å². The van der Waals surface area contributed by atoms with Gasteiger partial charge >= 0.3 is 0 Å². The maximum absolute atomic E-state index is 5.87. The summed E-state index contributed by atoms with van der Waals surface area (Å²) in [5, 5.41) is 4.95. The van der Waals surface area contributed by atoms with E-state index in [0.717, 1.165) is 22.5 Å². The van der Waals surface area contributed by atoms with Gasteiger partial charge in [0.05, 0.1) is 6.20 Å². The third kappa shape index (κ3) is 3.14. The predicted octanol–water partition coefficient (Wildman–Crippen LogP) is 4.26. The topological polar surface area (TPSA) is 62.1 Å². The van der Waals surface area contributed by atoms with Gasteiger partial charge in [-0.3, -0.25) is 4.68 Å². The zero-order chi connectivity index (χ0) is 17.2. The van der Waals surface area contributed by atoms with E-state index in [9.17, 15) is 0 Å². The molecule has 0 spiro atoms. The molecule has 0 amide bonds. The summed E-state index contributed by atoms with van der Waals surface area (Å²) in [5.41, 5.74) is 1.92. The molecular weight excluding hydrogens is 316 g/mol. The lowest BCUT2D eigenvalue weighted by Gasteiger charge is -2.08. The average molecular weight is 332 g/mol. The third-order valence-electron chi connectivity index (χ3n) is 3.79. The van der Waals surface area contributed by atoms with Crippen LogP contribution in [-0.2, 0) is 7.05 Å². The number of fused-ring (bicyclic) bond motifs is 1. The van der Waals surface area contributed by atoms with E-state index in [2.05, 4.69) is 15.1 Å². The number of aryl methyl sites for hydroxylation is 2. The molecule has 2 aromatic heterocycles. The fourth-order valence-electron chi connectivity index (χ4n) is 2.45. The van der Waals surface area contributed by atoms with Crippen LogP contribution in [-0.4, -0.2) is 19.7 Å². The summed E-state index contributed by atoms with van der Waals surface area (Å²) in [6.45, 7) is 2.04. The normalized spacial score (nSPS) is 10.8. The standard InChI is InChI=1S/C19H16N4O2/c1-13-3-5-14(6-4-13)24-15-7-9-16(10-8-15)25-19-17-11-22-23(2)18(17)20-12-21-19/h3-12H,1-2H3. The number of benzene rings is 2. The van der Waals surface area contributed by atoms with Crippen LogP contribution in [0.4, 0.5) is 0 Å². The van der Waals surface area contributed by atoms with Gasteiger partial charge in [-0.1, -0.05) is 17.7 Å². The molecule has 2 aromatic carbocycles. The van der Waals surface area contributed by atoms with Crippen molar-refractivity contribution in [3.8, 4) is 23.1 Å². The Morgan fingerprint density at radius 3 is 2.08 bits per heavy atom. The van der Waals surface area contributed by atoms with Gasteiger partial charge in [-0.15, -0.1) is 0 Å². The summed E-state index contributed by atoms with van der Waals surface area (Å²) < 4.78 is 13.4. The number of hydrogen-bond donors (Lipinski definition) is 0. The van der Waals surface area contributed by atoms with Crippen LogP contribution >= 0.6 is 0 Å². The Hall–Kier alpha value is -3.41. The number of rotatable bonds is 4. The van der Waals surface area contributed by atoms with E-state index in [1.165, 1.54) is 11.9 Å². The molecule has 0 saturated heterocycles. The third-order valence-corrected chi connectivity index (χ3v) is 3.79.